The fraction of sp³-hybridized carbons (Fsp3) is 0.538. The molecule has 1 aromatic rings. The summed E-state index contributed by atoms with van der Waals surface area (Å²) < 4.78 is 3.47. The second-order valence-corrected chi connectivity index (χ2v) is 6.44. The highest BCUT2D eigenvalue weighted by molar-refractivity contribution is 9.11. The van der Waals surface area contributed by atoms with E-state index in [1.165, 1.54) is 18.7 Å². The third kappa shape index (κ3) is 1.40. The molecule has 1 fully saturated rings. The molecule has 2 heterocycles. The first-order valence-corrected chi connectivity index (χ1v) is 7.20. The molecule has 3 aliphatic rings. The first-order chi connectivity index (χ1) is 8.70. The molecule has 0 radical (unpaired) electrons. The van der Waals surface area contributed by atoms with Gasteiger partial charge in [-0.25, -0.2) is 0 Å². The van der Waals surface area contributed by atoms with Crippen LogP contribution in [0.2, 0.25) is 0 Å². The monoisotopic (exact) mass is 306 g/mol. The Morgan fingerprint density at radius 1 is 1.44 bits per heavy atom. The summed E-state index contributed by atoms with van der Waals surface area (Å²) in [5.74, 6) is 2.20. The smallest absolute Gasteiger partial charge is 0.141 e. The van der Waals surface area contributed by atoms with Crippen LogP contribution >= 0.6 is 15.9 Å². The predicted molar refractivity (Wildman–Crippen MR) is 72.6 cm³/mol. The summed E-state index contributed by atoms with van der Waals surface area (Å²) in [7, 11) is 0. The molecule has 4 rings (SSSR count). The highest BCUT2D eigenvalue weighted by atomic mass is 79.9. The second kappa shape index (κ2) is 3.54. The fourth-order valence-corrected chi connectivity index (χ4v) is 3.53. The Kier molecular flexibility index (Phi) is 2.15. The SMILES string of the molecule is Cc1nnc2n1C1C=CC(Br)=CC1NCC21CC1. The lowest BCUT2D eigenvalue weighted by Gasteiger charge is -2.26. The van der Waals surface area contributed by atoms with Gasteiger partial charge in [0.2, 0.25) is 0 Å². The Bertz CT molecular complexity index is 568. The molecule has 0 amide bonds. The van der Waals surface area contributed by atoms with Crippen molar-refractivity contribution < 1.29 is 0 Å². The van der Waals surface area contributed by atoms with Crippen molar-refractivity contribution in [2.45, 2.75) is 37.3 Å². The van der Waals surface area contributed by atoms with Crippen molar-refractivity contribution in [2.24, 2.45) is 0 Å². The minimum Gasteiger partial charge on any atom is -0.307 e. The van der Waals surface area contributed by atoms with Crippen LogP contribution in [0.5, 0.6) is 0 Å². The predicted octanol–water partition coefficient (Wildman–Crippen LogP) is 1.98. The van der Waals surface area contributed by atoms with Crippen LogP contribution in [0.15, 0.2) is 22.7 Å². The molecule has 1 saturated carbocycles. The van der Waals surface area contributed by atoms with Gasteiger partial charge >= 0.3 is 0 Å². The molecule has 2 aliphatic carbocycles. The van der Waals surface area contributed by atoms with Crippen LogP contribution in [-0.2, 0) is 5.41 Å². The highest BCUT2D eigenvalue weighted by Crippen LogP contribution is 2.49. The Hall–Kier alpha value is -0.940. The van der Waals surface area contributed by atoms with Crippen LogP contribution in [0.25, 0.3) is 0 Å². The largest absolute Gasteiger partial charge is 0.307 e. The number of fused-ring (bicyclic) bond motifs is 4. The van der Waals surface area contributed by atoms with Crippen LogP contribution in [-0.4, -0.2) is 27.4 Å². The lowest BCUT2D eigenvalue weighted by molar-refractivity contribution is 0.472. The van der Waals surface area contributed by atoms with Crippen LogP contribution in [0, 0.1) is 6.92 Å². The van der Waals surface area contributed by atoms with E-state index in [1.54, 1.807) is 0 Å². The summed E-state index contributed by atoms with van der Waals surface area (Å²) in [6.45, 7) is 3.06. The van der Waals surface area contributed by atoms with E-state index >= 15 is 0 Å². The number of aryl methyl sites for hydroxylation is 1. The minimum atomic E-state index is 0.243. The lowest BCUT2D eigenvalue weighted by atomic mass is 10.0. The summed E-state index contributed by atoms with van der Waals surface area (Å²) in [6.07, 6.45) is 9.06. The van der Waals surface area contributed by atoms with Gasteiger partial charge in [-0.1, -0.05) is 34.2 Å². The number of halogens is 1. The van der Waals surface area contributed by atoms with Crippen LogP contribution in [0.3, 0.4) is 0 Å². The molecular weight excluding hydrogens is 292 g/mol. The van der Waals surface area contributed by atoms with Crippen molar-refractivity contribution in [1.29, 1.82) is 0 Å². The minimum absolute atomic E-state index is 0.243. The van der Waals surface area contributed by atoms with E-state index in [0.717, 1.165) is 16.9 Å². The maximum atomic E-state index is 4.45. The van der Waals surface area contributed by atoms with E-state index in [2.05, 4.69) is 61.2 Å². The van der Waals surface area contributed by atoms with Crippen LogP contribution in [0.4, 0.5) is 0 Å². The molecule has 2 unspecified atom stereocenters. The van der Waals surface area contributed by atoms with E-state index < -0.39 is 0 Å². The molecule has 0 saturated heterocycles. The van der Waals surface area contributed by atoms with Gasteiger partial charge in [0.25, 0.3) is 0 Å². The van der Waals surface area contributed by atoms with Gasteiger partial charge in [0, 0.05) is 16.4 Å². The topological polar surface area (TPSA) is 42.7 Å². The van der Waals surface area contributed by atoms with Gasteiger partial charge in [0.15, 0.2) is 0 Å². The van der Waals surface area contributed by atoms with Crippen molar-refractivity contribution in [3.8, 4) is 0 Å². The molecule has 2 atom stereocenters. The zero-order valence-electron chi connectivity index (χ0n) is 10.2. The van der Waals surface area contributed by atoms with Crippen molar-refractivity contribution in [2.75, 3.05) is 6.54 Å². The Balaban J connectivity index is 1.88. The Morgan fingerprint density at radius 3 is 3.06 bits per heavy atom. The van der Waals surface area contributed by atoms with Gasteiger partial charge in [-0.15, -0.1) is 10.2 Å². The standard InChI is InChI=1S/C13H15BrN4/c1-8-16-17-12-13(4-5-13)7-15-10-6-9(14)2-3-11(10)18(8)12/h2-3,6,10-11,15H,4-5,7H2,1H3. The number of aromatic nitrogens is 3. The molecule has 4 nitrogen and oxygen atoms in total. The van der Waals surface area contributed by atoms with Gasteiger partial charge in [0.1, 0.15) is 11.6 Å². The molecule has 1 N–H and O–H groups in total. The molecule has 5 heteroatoms. The van der Waals surface area contributed by atoms with Gasteiger partial charge in [-0.3, -0.25) is 0 Å². The molecule has 1 aromatic heterocycles. The summed E-state index contributed by atoms with van der Waals surface area (Å²) in [5.41, 5.74) is 0.243. The van der Waals surface area contributed by atoms with Gasteiger partial charge in [-0.05, 0) is 19.8 Å². The van der Waals surface area contributed by atoms with Gasteiger partial charge < -0.3 is 9.88 Å². The molecule has 0 bridgehead atoms. The summed E-state index contributed by atoms with van der Waals surface area (Å²) in [5, 5.41) is 12.4. The Labute approximate surface area is 114 Å². The third-order valence-corrected chi connectivity index (χ3v) is 4.86. The fourth-order valence-electron chi connectivity index (χ4n) is 3.09. The zero-order chi connectivity index (χ0) is 12.3. The summed E-state index contributed by atoms with van der Waals surface area (Å²) in [4.78, 5) is 0. The number of hydrogen-bond acceptors (Lipinski definition) is 3. The number of nitrogens with one attached hydrogen (secondary N) is 1. The van der Waals surface area contributed by atoms with Gasteiger partial charge in [0.05, 0.1) is 12.1 Å². The molecule has 1 spiro atoms. The maximum absolute atomic E-state index is 4.45. The van der Waals surface area contributed by atoms with Crippen molar-refractivity contribution in [3.63, 3.8) is 0 Å². The van der Waals surface area contributed by atoms with Crippen molar-refractivity contribution in [3.05, 3.63) is 34.4 Å². The van der Waals surface area contributed by atoms with E-state index in [1.807, 2.05) is 0 Å². The highest BCUT2D eigenvalue weighted by Gasteiger charge is 2.51. The van der Waals surface area contributed by atoms with E-state index in [0.29, 0.717) is 12.1 Å². The number of allylic oxidation sites excluding steroid dienone is 2. The van der Waals surface area contributed by atoms with E-state index in [4.69, 9.17) is 0 Å². The van der Waals surface area contributed by atoms with Crippen molar-refractivity contribution >= 4 is 15.9 Å². The van der Waals surface area contributed by atoms with Crippen LogP contribution in [0.1, 0.15) is 30.5 Å². The summed E-state index contributed by atoms with van der Waals surface area (Å²) >= 11 is 3.56. The molecule has 1 aliphatic heterocycles. The number of nitrogens with zero attached hydrogens (tertiary/aromatic N) is 3. The zero-order valence-corrected chi connectivity index (χ0v) is 11.8. The van der Waals surface area contributed by atoms with Crippen LogP contribution < -0.4 is 5.32 Å². The maximum Gasteiger partial charge on any atom is 0.141 e. The average Bonchev–Trinajstić information content (AvgIpc) is 3.07. The second-order valence-electron chi connectivity index (χ2n) is 5.53. The lowest BCUT2D eigenvalue weighted by Crippen LogP contribution is -2.36. The molecule has 0 aromatic carbocycles. The van der Waals surface area contributed by atoms with Gasteiger partial charge in [-0.2, -0.15) is 0 Å². The third-order valence-electron chi connectivity index (χ3n) is 4.33. The molecule has 94 valence electrons. The molecule has 18 heavy (non-hydrogen) atoms. The van der Waals surface area contributed by atoms with E-state index in [-0.39, 0.29) is 5.41 Å². The van der Waals surface area contributed by atoms with E-state index in [9.17, 15) is 0 Å². The summed E-state index contributed by atoms with van der Waals surface area (Å²) in [6, 6.07) is 0.633. The molecular formula is C13H15BrN4. The van der Waals surface area contributed by atoms with Crippen molar-refractivity contribution in [1.82, 2.24) is 20.1 Å². The normalized spacial score (nSPS) is 31.6. The first kappa shape index (κ1) is 10.9. The Morgan fingerprint density at radius 2 is 2.28 bits per heavy atom. The first-order valence-electron chi connectivity index (χ1n) is 6.41. The average molecular weight is 307 g/mol. The number of rotatable bonds is 0. The number of hydrogen-bond donors (Lipinski definition) is 1. The quantitative estimate of drug-likeness (QED) is 0.797.